The maximum atomic E-state index is 12.4. The minimum atomic E-state index is -4.41. The Bertz CT molecular complexity index is 769. The minimum absolute atomic E-state index is 0.0133. The highest BCUT2D eigenvalue weighted by Crippen LogP contribution is 2.38. The van der Waals surface area contributed by atoms with Gasteiger partial charge in [-0.3, -0.25) is 0 Å². The van der Waals surface area contributed by atoms with E-state index in [4.69, 9.17) is 20.9 Å². The van der Waals surface area contributed by atoms with Crippen molar-refractivity contribution in [3.05, 3.63) is 27.5 Å². The largest absolute Gasteiger partial charge is 0.483 e. The number of nitrogens with zero attached hydrogens (tertiary/aromatic N) is 2. The van der Waals surface area contributed by atoms with Crippen LogP contribution in [0.25, 0.3) is 0 Å². The summed E-state index contributed by atoms with van der Waals surface area (Å²) in [4.78, 5) is 7.63. The summed E-state index contributed by atoms with van der Waals surface area (Å²) in [6.07, 6.45) is -3.07. The summed E-state index contributed by atoms with van der Waals surface area (Å²) in [6, 6.07) is 3.11. The van der Waals surface area contributed by atoms with Gasteiger partial charge in [0.15, 0.2) is 18.2 Å². The quantitative estimate of drug-likeness (QED) is 0.642. The van der Waals surface area contributed by atoms with E-state index in [1.54, 1.807) is 6.07 Å². The Balaban J connectivity index is 2.36. The fourth-order valence-electron chi connectivity index (χ4n) is 1.96. The van der Waals surface area contributed by atoms with E-state index in [0.717, 1.165) is 0 Å². The van der Waals surface area contributed by atoms with Crippen LogP contribution >= 0.6 is 22.6 Å². The summed E-state index contributed by atoms with van der Waals surface area (Å²) in [5, 5.41) is 0. The van der Waals surface area contributed by atoms with E-state index >= 15 is 0 Å². The molecule has 10 heteroatoms. The molecule has 2 rings (SSSR count). The first-order valence-corrected chi connectivity index (χ1v) is 8.23. The lowest BCUT2D eigenvalue weighted by atomic mass is 10.0. The number of ether oxygens (including phenoxy) is 2. The molecule has 2 aromatic rings. The molecule has 0 spiro atoms. The normalized spacial score (nSPS) is 11.6. The first kappa shape index (κ1) is 19.3. The number of anilines is 2. The van der Waals surface area contributed by atoms with Crippen LogP contribution in [0, 0.1) is 3.57 Å². The van der Waals surface area contributed by atoms with Crippen LogP contribution in [0.1, 0.15) is 25.3 Å². The highest BCUT2D eigenvalue weighted by atomic mass is 127. The summed E-state index contributed by atoms with van der Waals surface area (Å²) in [5.74, 6) is 0.815. The van der Waals surface area contributed by atoms with Crippen molar-refractivity contribution in [2.75, 3.05) is 18.1 Å². The molecule has 6 nitrogen and oxygen atoms in total. The fourth-order valence-corrected chi connectivity index (χ4v) is 2.55. The van der Waals surface area contributed by atoms with Crippen molar-refractivity contribution in [2.24, 2.45) is 0 Å². The Labute approximate surface area is 155 Å². The summed E-state index contributed by atoms with van der Waals surface area (Å²) < 4.78 is 48.3. The number of alkyl halides is 3. The molecule has 136 valence electrons. The SMILES string of the molecule is CC(C)c1cc(OCC(F)(F)F)c(I)cc1Oc1cnc(N)nc1N. The third-order valence-corrected chi connectivity index (χ3v) is 3.94. The Morgan fingerprint density at radius 1 is 1.16 bits per heavy atom. The molecule has 0 aliphatic rings. The maximum absolute atomic E-state index is 12.4. The second-order valence-electron chi connectivity index (χ2n) is 5.46. The lowest BCUT2D eigenvalue weighted by molar-refractivity contribution is -0.153. The van der Waals surface area contributed by atoms with Gasteiger partial charge in [-0.25, -0.2) is 4.98 Å². The van der Waals surface area contributed by atoms with Crippen molar-refractivity contribution >= 4 is 34.4 Å². The van der Waals surface area contributed by atoms with E-state index < -0.39 is 12.8 Å². The summed E-state index contributed by atoms with van der Waals surface area (Å²) in [6.45, 7) is 2.40. The van der Waals surface area contributed by atoms with Crippen LogP contribution in [0.2, 0.25) is 0 Å². The molecule has 0 saturated carbocycles. The van der Waals surface area contributed by atoms with Crippen LogP contribution in [0.15, 0.2) is 18.3 Å². The predicted octanol–water partition coefficient (Wildman–Crippen LogP) is 4.10. The first-order valence-electron chi connectivity index (χ1n) is 7.15. The molecule has 0 saturated heterocycles. The Morgan fingerprint density at radius 3 is 2.40 bits per heavy atom. The number of benzene rings is 1. The van der Waals surface area contributed by atoms with Gasteiger partial charge in [-0.15, -0.1) is 0 Å². The van der Waals surface area contributed by atoms with Gasteiger partial charge in [0.25, 0.3) is 0 Å². The van der Waals surface area contributed by atoms with Gasteiger partial charge >= 0.3 is 6.18 Å². The summed E-state index contributed by atoms with van der Waals surface area (Å²) >= 11 is 1.88. The lowest BCUT2D eigenvalue weighted by Gasteiger charge is -2.18. The van der Waals surface area contributed by atoms with E-state index in [1.165, 1.54) is 12.3 Å². The van der Waals surface area contributed by atoms with E-state index in [9.17, 15) is 13.2 Å². The number of halogens is 4. The van der Waals surface area contributed by atoms with Crippen molar-refractivity contribution in [1.82, 2.24) is 9.97 Å². The molecule has 0 aliphatic carbocycles. The molecule has 1 heterocycles. The highest BCUT2D eigenvalue weighted by molar-refractivity contribution is 14.1. The molecular weight excluding hydrogens is 452 g/mol. The molecule has 0 radical (unpaired) electrons. The van der Waals surface area contributed by atoms with Gasteiger partial charge < -0.3 is 20.9 Å². The summed E-state index contributed by atoms with van der Waals surface area (Å²) in [5.41, 5.74) is 11.9. The molecule has 0 aliphatic heterocycles. The van der Waals surface area contributed by atoms with Crippen LogP contribution in [-0.2, 0) is 0 Å². The van der Waals surface area contributed by atoms with Gasteiger partial charge in [0.1, 0.15) is 11.5 Å². The second kappa shape index (κ2) is 7.50. The molecular formula is C15H16F3IN4O2. The Kier molecular flexibility index (Phi) is 5.80. The van der Waals surface area contributed by atoms with Crippen molar-refractivity contribution in [3.8, 4) is 17.2 Å². The first-order chi connectivity index (χ1) is 11.6. The topological polar surface area (TPSA) is 96.3 Å². The van der Waals surface area contributed by atoms with Crippen molar-refractivity contribution in [3.63, 3.8) is 0 Å². The van der Waals surface area contributed by atoms with Gasteiger partial charge in [-0.2, -0.15) is 18.2 Å². The lowest BCUT2D eigenvalue weighted by Crippen LogP contribution is -2.19. The minimum Gasteiger partial charge on any atom is -0.483 e. The van der Waals surface area contributed by atoms with Gasteiger partial charge in [-0.05, 0) is 40.6 Å². The molecule has 0 bridgehead atoms. The van der Waals surface area contributed by atoms with Gasteiger partial charge in [-0.1, -0.05) is 13.8 Å². The second-order valence-corrected chi connectivity index (χ2v) is 6.62. The van der Waals surface area contributed by atoms with Crippen molar-refractivity contribution < 1.29 is 22.6 Å². The number of rotatable bonds is 5. The van der Waals surface area contributed by atoms with E-state index in [1.807, 2.05) is 36.4 Å². The average molecular weight is 468 g/mol. The highest BCUT2D eigenvalue weighted by Gasteiger charge is 2.29. The molecule has 1 aromatic carbocycles. The Hall–Kier alpha value is -1.98. The standard InChI is InChI=1S/C15H16F3IN4O2/c1-7(2)8-3-11(24-6-15(16,17)18)9(19)4-10(8)25-12-5-22-14(21)23-13(12)20/h3-5,7H,6H2,1-2H3,(H4,20,21,22,23). The number of nitrogen functional groups attached to an aromatic ring is 2. The number of nitrogens with two attached hydrogens (primary N) is 2. The molecule has 0 atom stereocenters. The monoisotopic (exact) mass is 468 g/mol. The van der Waals surface area contributed by atoms with Crippen LogP contribution < -0.4 is 20.9 Å². The van der Waals surface area contributed by atoms with Gasteiger partial charge in [0, 0.05) is 5.56 Å². The number of aromatic nitrogens is 2. The van der Waals surface area contributed by atoms with Crippen molar-refractivity contribution in [1.29, 1.82) is 0 Å². The average Bonchev–Trinajstić information content (AvgIpc) is 2.48. The number of hydrogen-bond acceptors (Lipinski definition) is 6. The van der Waals surface area contributed by atoms with E-state index in [0.29, 0.717) is 14.9 Å². The van der Waals surface area contributed by atoms with E-state index in [2.05, 4.69) is 9.97 Å². The molecule has 0 fully saturated rings. The molecule has 0 unspecified atom stereocenters. The predicted molar refractivity (Wildman–Crippen MR) is 95.7 cm³/mol. The zero-order valence-corrected chi connectivity index (χ0v) is 15.6. The third kappa shape index (κ3) is 5.25. The molecule has 25 heavy (non-hydrogen) atoms. The third-order valence-electron chi connectivity index (χ3n) is 3.10. The van der Waals surface area contributed by atoms with Crippen LogP contribution in [0.3, 0.4) is 0 Å². The number of hydrogen-bond donors (Lipinski definition) is 2. The summed E-state index contributed by atoms with van der Waals surface area (Å²) in [7, 11) is 0. The Morgan fingerprint density at radius 2 is 1.84 bits per heavy atom. The zero-order chi connectivity index (χ0) is 18.8. The van der Waals surface area contributed by atoms with Crippen molar-refractivity contribution in [2.45, 2.75) is 25.9 Å². The molecule has 1 aromatic heterocycles. The molecule has 4 N–H and O–H groups in total. The van der Waals surface area contributed by atoms with Crippen LogP contribution in [-0.4, -0.2) is 22.8 Å². The van der Waals surface area contributed by atoms with Gasteiger partial charge in [0.05, 0.1) is 9.77 Å². The zero-order valence-electron chi connectivity index (χ0n) is 13.4. The smallest absolute Gasteiger partial charge is 0.422 e. The fraction of sp³-hybridized carbons (Fsp3) is 0.333. The van der Waals surface area contributed by atoms with E-state index in [-0.39, 0.29) is 29.2 Å². The van der Waals surface area contributed by atoms with Crippen LogP contribution in [0.4, 0.5) is 24.9 Å². The maximum Gasteiger partial charge on any atom is 0.422 e. The van der Waals surface area contributed by atoms with Crippen LogP contribution in [0.5, 0.6) is 17.2 Å². The van der Waals surface area contributed by atoms with Gasteiger partial charge in [0.2, 0.25) is 5.95 Å². The molecule has 0 amide bonds.